The minimum atomic E-state index is -0.326. The van der Waals surface area contributed by atoms with Crippen molar-refractivity contribution in [1.29, 1.82) is 0 Å². The topological polar surface area (TPSA) is 76.1 Å². The van der Waals surface area contributed by atoms with Gasteiger partial charge in [-0.05, 0) is 24.1 Å². The van der Waals surface area contributed by atoms with Crippen molar-refractivity contribution in [2.24, 2.45) is 0 Å². The van der Waals surface area contributed by atoms with Gasteiger partial charge in [0.25, 0.3) is 5.91 Å². The number of ether oxygens (including phenoxy) is 1. The van der Waals surface area contributed by atoms with Gasteiger partial charge in [-0.1, -0.05) is 12.1 Å². The molecule has 0 radical (unpaired) electrons. The highest BCUT2D eigenvalue weighted by molar-refractivity contribution is 5.91. The average Bonchev–Trinajstić information content (AvgIpc) is 2.58. The van der Waals surface area contributed by atoms with E-state index in [1.165, 1.54) is 24.5 Å². The first kappa shape index (κ1) is 16.8. The highest BCUT2D eigenvalue weighted by atomic mass is 19.1. The predicted molar refractivity (Wildman–Crippen MR) is 84.6 cm³/mol. The molecule has 0 bridgehead atoms. The van der Waals surface area contributed by atoms with Gasteiger partial charge < -0.3 is 15.4 Å². The molecule has 1 heterocycles. The summed E-state index contributed by atoms with van der Waals surface area (Å²) in [4.78, 5) is 20.2. The van der Waals surface area contributed by atoms with Crippen LogP contribution in [-0.4, -0.2) is 36.1 Å². The molecule has 0 aliphatic rings. The first-order valence-electron chi connectivity index (χ1n) is 7.26. The van der Waals surface area contributed by atoms with Crippen LogP contribution in [0.25, 0.3) is 0 Å². The summed E-state index contributed by atoms with van der Waals surface area (Å²) in [7, 11) is 1.65. The molecule has 0 saturated carbocycles. The summed E-state index contributed by atoms with van der Waals surface area (Å²) < 4.78 is 17.8. The molecule has 0 atom stereocenters. The second-order valence-corrected chi connectivity index (χ2v) is 4.87. The molecule has 23 heavy (non-hydrogen) atoms. The SMILES string of the molecule is COCCCNc1cnc(C(=O)NCc2ccc(F)cc2)cn1. The number of rotatable bonds is 8. The third kappa shape index (κ3) is 5.63. The van der Waals surface area contributed by atoms with E-state index in [4.69, 9.17) is 4.74 Å². The molecule has 0 unspecified atom stereocenters. The van der Waals surface area contributed by atoms with Crippen LogP contribution in [0.15, 0.2) is 36.7 Å². The summed E-state index contributed by atoms with van der Waals surface area (Å²) in [5.74, 6) is -0.0246. The third-order valence-corrected chi connectivity index (χ3v) is 3.08. The first-order valence-corrected chi connectivity index (χ1v) is 7.26. The van der Waals surface area contributed by atoms with Crippen molar-refractivity contribution in [2.75, 3.05) is 25.6 Å². The number of carbonyl (C=O) groups is 1. The van der Waals surface area contributed by atoms with Gasteiger partial charge in [0.1, 0.15) is 17.3 Å². The average molecular weight is 318 g/mol. The van der Waals surface area contributed by atoms with Crippen molar-refractivity contribution in [2.45, 2.75) is 13.0 Å². The lowest BCUT2D eigenvalue weighted by Crippen LogP contribution is -2.24. The molecular weight excluding hydrogens is 299 g/mol. The van der Waals surface area contributed by atoms with E-state index in [1.807, 2.05) is 0 Å². The van der Waals surface area contributed by atoms with E-state index >= 15 is 0 Å². The van der Waals surface area contributed by atoms with Crippen molar-refractivity contribution in [3.05, 3.63) is 53.7 Å². The summed E-state index contributed by atoms with van der Waals surface area (Å²) in [5.41, 5.74) is 1.04. The van der Waals surface area contributed by atoms with E-state index < -0.39 is 0 Å². The largest absolute Gasteiger partial charge is 0.385 e. The van der Waals surface area contributed by atoms with E-state index in [9.17, 15) is 9.18 Å². The molecule has 2 aromatic rings. The van der Waals surface area contributed by atoms with Crippen LogP contribution in [0.2, 0.25) is 0 Å². The molecule has 2 N–H and O–H groups in total. The molecular formula is C16H19FN4O2. The maximum atomic E-state index is 12.8. The molecule has 122 valence electrons. The second kappa shape index (κ2) is 8.79. The fraction of sp³-hybridized carbons (Fsp3) is 0.312. The number of hydrogen-bond donors (Lipinski definition) is 2. The van der Waals surface area contributed by atoms with Gasteiger partial charge in [0.15, 0.2) is 0 Å². The lowest BCUT2D eigenvalue weighted by atomic mass is 10.2. The molecule has 0 fully saturated rings. The van der Waals surface area contributed by atoms with E-state index in [-0.39, 0.29) is 17.4 Å². The van der Waals surface area contributed by atoms with Crippen molar-refractivity contribution >= 4 is 11.7 Å². The van der Waals surface area contributed by atoms with Crippen molar-refractivity contribution in [1.82, 2.24) is 15.3 Å². The number of anilines is 1. The Morgan fingerprint density at radius 2 is 2.00 bits per heavy atom. The number of hydrogen-bond acceptors (Lipinski definition) is 5. The lowest BCUT2D eigenvalue weighted by molar-refractivity contribution is 0.0945. The number of carbonyl (C=O) groups excluding carboxylic acids is 1. The second-order valence-electron chi connectivity index (χ2n) is 4.87. The van der Waals surface area contributed by atoms with Gasteiger partial charge in [-0.15, -0.1) is 0 Å². The highest BCUT2D eigenvalue weighted by Crippen LogP contribution is 2.04. The Morgan fingerprint density at radius 3 is 2.65 bits per heavy atom. The van der Waals surface area contributed by atoms with Crippen LogP contribution in [0.5, 0.6) is 0 Å². The van der Waals surface area contributed by atoms with E-state index in [1.54, 1.807) is 19.2 Å². The molecule has 2 rings (SSSR count). The van der Waals surface area contributed by atoms with Gasteiger partial charge in [0.05, 0.1) is 12.4 Å². The maximum absolute atomic E-state index is 12.8. The summed E-state index contributed by atoms with van der Waals surface area (Å²) >= 11 is 0. The molecule has 6 nitrogen and oxygen atoms in total. The zero-order valence-electron chi connectivity index (χ0n) is 12.9. The Bertz CT molecular complexity index is 617. The normalized spacial score (nSPS) is 10.3. The standard InChI is InChI=1S/C16H19FN4O2/c1-23-8-2-7-18-15-11-19-14(10-20-15)16(22)21-9-12-3-5-13(17)6-4-12/h3-6,10-11H,2,7-9H2,1H3,(H,18,20)(H,21,22). The van der Waals surface area contributed by atoms with Crippen LogP contribution in [-0.2, 0) is 11.3 Å². The number of methoxy groups -OCH3 is 1. The van der Waals surface area contributed by atoms with Crippen LogP contribution >= 0.6 is 0 Å². The maximum Gasteiger partial charge on any atom is 0.271 e. The Balaban J connectivity index is 1.81. The fourth-order valence-corrected chi connectivity index (χ4v) is 1.84. The molecule has 1 aromatic carbocycles. The molecule has 0 spiro atoms. The van der Waals surface area contributed by atoms with Crippen molar-refractivity contribution in [3.8, 4) is 0 Å². The van der Waals surface area contributed by atoms with Crippen LogP contribution in [0.4, 0.5) is 10.2 Å². The minimum absolute atomic E-state index is 0.231. The number of halogens is 1. The molecule has 1 aromatic heterocycles. The van der Waals surface area contributed by atoms with Crippen LogP contribution in [0.3, 0.4) is 0 Å². The van der Waals surface area contributed by atoms with E-state index in [0.29, 0.717) is 19.0 Å². The first-order chi connectivity index (χ1) is 11.2. The van der Waals surface area contributed by atoms with Gasteiger partial charge in [-0.3, -0.25) is 4.79 Å². The Labute approximate surface area is 134 Å². The van der Waals surface area contributed by atoms with Gasteiger partial charge >= 0.3 is 0 Å². The monoisotopic (exact) mass is 318 g/mol. The molecule has 7 heteroatoms. The van der Waals surface area contributed by atoms with Crippen LogP contribution < -0.4 is 10.6 Å². The zero-order chi connectivity index (χ0) is 16.5. The Hall–Kier alpha value is -2.54. The van der Waals surface area contributed by atoms with E-state index in [2.05, 4.69) is 20.6 Å². The van der Waals surface area contributed by atoms with Gasteiger partial charge in [0, 0.05) is 26.8 Å². The summed E-state index contributed by atoms with van der Waals surface area (Å²) in [6, 6.07) is 5.94. The molecule has 1 amide bonds. The van der Waals surface area contributed by atoms with Crippen molar-refractivity contribution in [3.63, 3.8) is 0 Å². The molecule has 0 saturated heterocycles. The van der Waals surface area contributed by atoms with Gasteiger partial charge in [-0.25, -0.2) is 14.4 Å². The molecule has 0 aliphatic heterocycles. The van der Waals surface area contributed by atoms with Gasteiger partial charge in [0.2, 0.25) is 0 Å². The fourth-order valence-electron chi connectivity index (χ4n) is 1.84. The summed E-state index contributed by atoms with van der Waals surface area (Å²) in [5, 5.41) is 5.80. The Morgan fingerprint density at radius 1 is 1.22 bits per heavy atom. The quantitative estimate of drug-likeness (QED) is 0.728. The lowest BCUT2D eigenvalue weighted by Gasteiger charge is -2.07. The van der Waals surface area contributed by atoms with Crippen LogP contribution in [0, 0.1) is 5.82 Å². The number of nitrogens with one attached hydrogen (secondary N) is 2. The summed E-state index contributed by atoms with van der Waals surface area (Å²) in [6.07, 6.45) is 3.79. The van der Waals surface area contributed by atoms with Gasteiger partial charge in [-0.2, -0.15) is 0 Å². The number of nitrogens with zero attached hydrogens (tertiary/aromatic N) is 2. The third-order valence-electron chi connectivity index (χ3n) is 3.08. The number of aromatic nitrogens is 2. The Kier molecular flexibility index (Phi) is 6.43. The summed E-state index contributed by atoms with van der Waals surface area (Å²) in [6.45, 7) is 1.70. The number of benzene rings is 1. The zero-order valence-corrected chi connectivity index (χ0v) is 12.9. The highest BCUT2D eigenvalue weighted by Gasteiger charge is 2.07. The van der Waals surface area contributed by atoms with Crippen LogP contribution in [0.1, 0.15) is 22.5 Å². The number of amides is 1. The minimum Gasteiger partial charge on any atom is -0.385 e. The molecule has 0 aliphatic carbocycles. The van der Waals surface area contributed by atoms with Crippen molar-refractivity contribution < 1.29 is 13.9 Å². The predicted octanol–water partition coefficient (Wildman–Crippen LogP) is 1.99. The smallest absolute Gasteiger partial charge is 0.271 e. The van der Waals surface area contributed by atoms with E-state index in [0.717, 1.165) is 18.5 Å².